The summed E-state index contributed by atoms with van der Waals surface area (Å²) in [4.78, 5) is 18.0. The molecule has 4 nitrogen and oxygen atoms in total. The van der Waals surface area contributed by atoms with Crippen molar-refractivity contribution in [2.75, 3.05) is 19.6 Å². The summed E-state index contributed by atoms with van der Waals surface area (Å²) in [6, 6.07) is 13.4. The maximum atomic E-state index is 11.2. The lowest BCUT2D eigenvalue weighted by molar-refractivity contribution is 0.0690. The molecule has 0 aliphatic carbocycles. The van der Waals surface area contributed by atoms with Gasteiger partial charge in [0.2, 0.25) is 0 Å². The Bertz CT molecular complexity index is 744. The number of carboxylic acid groups (broad SMARTS) is 1. The summed E-state index contributed by atoms with van der Waals surface area (Å²) in [5, 5.41) is 9.21. The monoisotopic (exact) mass is 322 g/mol. The Morgan fingerprint density at radius 2 is 1.79 bits per heavy atom. The normalized spacial score (nSPS) is 15.6. The van der Waals surface area contributed by atoms with Gasteiger partial charge < -0.3 is 5.11 Å². The van der Waals surface area contributed by atoms with Gasteiger partial charge in [-0.15, -0.1) is 0 Å². The first-order valence-corrected chi connectivity index (χ1v) is 8.34. The number of aryl methyl sites for hydroxylation is 1. The predicted molar refractivity (Wildman–Crippen MR) is 95.1 cm³/mol. The molecule has 0 amide bonds. The van der Waals surface area contributed by atoms with Crippen LogP contribution in [0.15, 0.2) is 48.5 Å². The van der Waals surface area contributed by atoms with Crippen LogP contribution in [-0.2, 0) is 0 Å². The molecule has 24 heavy (non-hydrogen) atoms. The van der Waals surface area contributed by atoms with E-state index in [4.69, 9.17) is 0 Å². The van der Waals surface area contributed by atoms with Crippen molar-refractivity contribution in [3.8, 4) is 0 Å². The maximum absolute atomic E-state index is 11.2. The summed E-state index contributed by atoms with van der Waals surface area (Å²) in [6.07, 6.45) is 4.67. The van der Waals surface area contributed by atoms with Crippen molar-refractivity contribution in [1.82, 2.24) is 9.88 Å². The third kappa shape index (κ3) is 3.89. The Labute approximate surface area is 142 Å². The van der Waals surface area contributed by atoms with Crippen LogP contribution in [0.25, 0.3) is 5.57 Å². The molecule has 0 unspecified atom stereocenters. The summed E-state index contributed by atoms with van der Waals surface area (Å²) in [7, 11) is 0. The number of nitrogens with zero attached hydrogens (tertiary/aromatic N) is 2. The molecule has 1 aromatic carbocycles. The number of pyridine rings is 1. The van der Waals surface area contributed by atoms with Gasteiger partial charge in [0.05, 0.1) is 5.69 Å². The predicted octanol–water partition coefficient (Wildman–Crippen LogP) is 3.62. The van der Waals surface area contributed by atoms with Gasteiger partial charge in [0.15, 0.2) is 0 Å². The van der Waals surface area contributed by atoms with E-state index >= 15 is 0 Å². The summed E-state index contributed by atoms with van der Waals surface area (Å²) in [6.45, 7) is 5.17. The van der Waals surface area contributed by atoms with E-state index in [0.717, 1.165) is 30.8 Å². The number of likely N-dealkylation sites (tertiary alicyclic amines) is 1. The molecule has 1 aromatic heterocycles. The molecule has 124 valence electrons. The van der Waals surface area contributed by atoms with Gasteiger partial charge >= 0.3 is 5.97 Å². The van der Waals surface area contributed by atoms with E-state index in [1.165, 1.54) is 24.5 Å². The Kier molecular flexibility index (Phi) is 5.06. The first-order valence-electron chi connectivity index (χ1n) is 8.34. The number of hydrogen-bond acceptors (Lipinski definition) is 3. The molecule has 0 radical (unpaired) electrons. The third-order valence-electron chi connectivity index (χ3n) is 4.36. The Morgan fingerprint density at radius 1 is 1.12 bits per heavy atom. The van der Waals surface area contributed by atoms with E-state index in [0.29, 0.717) is 5.69 Å². The van der Waals surface area contributed by atoms with Crippen LogP contribution in [0.2, 0.25) is 0 Å². The Balaban J connectivity index is 1.97. The van der Waals surface area contributed by atoms with E-state index < -0.39 is 5.97 Å². The van der Waals surface area contributed by atoms with Gasteiger partial charge in [0.25, 0.3) is 0 Å². The number of carboxylic acids is 1. The molecule has 1 aliphatic rings. The molecule has 1 aliphatic heterocycles. The topological polar surface area (TPSA) is 53.4 Å². The van der Waals surface area contributed by atoms with Crippen molar-refractivity contribution in [3.05, 3.63) is 71.1 Å². The highest BCUT2D eigenvalue weighted by molar-refractivity contribution is 5.87. The van der Waals surface area contributed by atoms with Crippen LogP contribution in [0.4, 0.5) is 0 Å². The highest BCUT2D eigenvalue weighted by atomic mass is 16.4. The minimum atomic E-state index is -1.00. The quantitative estimate of drug-likeness (QED) is 0.913. The van der Waals surface area contributed by atoms with E-state index in [1.807, 2.05) is 6.07 Å². The Morgan fingerprint density at radius 3 is 2.46 bits per heavy atom. The number of carbonyl (C=O) groups is 1. The van der Waals surface area contributed by atoms with Crippen LogP contribution in [0, 0.1) is 6.92 Å². The molecule has 0 atom stereocenters. The highest BCUT2D eigenvalue weighted by Gasteiger charge is 2.13. The summed E-state index contributed by atoms with van der Waals surface area (Å²) in [5.41, 5.74) is 4.04. The first-order chi connectivity index (χ1) is 11.6. The van der Waals surface area contributed by atoms with E-state index in [2.05, 4.69) is 47.1 Å². The van der Waals surface area contributed by atoms with Crippen molar-refractivity contribution < 1.29 is 9.90 Å². The number of hydrogen-bond donors (Lipinski definition) is 1. The molecule has 0 spiro atoms. The van der Waals surface area contributed by atoms with Crippen molar-refractivity contribution in [2.45, 2.75) is 19.8 Å². The van der Waals surface area contributed by atoms with Crippen molar-refractivity contribution in [1.29, 1.82) is 0 Å². The molecule has 3 rings (SSSR count). The zero-order valence-corrected chi connectivity index (χ0v) is 13.9. The summed E-state index contributed by atoms with van der Waals surface area (Å²) < 4.78 is 0. The summed E-state index contributed by atoms with van der Waals surface area (Å²) in [5.74, 6) is -1.00. The van der Waals surface area contributed by atoms with Crippen LogP contribution in [0.5, 0.6) is 0 Å². The second kappa shape index (κ2) is 7.41. The molecular formula is C20H22N2O2. The largest absolute Gasteiger partial charge is 0.477 e. The fraction of sp³-hybridized carbons (Fsp3) is 0.300. The molecule has 2 aromatic rings. The van der Waals surface area contributed by atoms with Crippen LogP contribution in [0.3, 0.4) is 0 Å². The van der Waals surface area contributed by atoms with E-state index in [9.17, 15) is 9.90 Å². The van der Waals surface area contributed by atoms with Gasteiger partial charge in [0.1, 0.15) is 5.69 Å². The smallest absolute Gasteiger partial charge is 0.354 e. The molecule has 1 fully saturated rings. The third-order valence-corrected chi connectivity index (χ3v) is 4.36. The van der Waals surface area contributed by atoms with Gasteiger partial charge in [-0.1, -0.05) is 42.0 Å². The molecular weight excluding hydrogens is 300 g/mol. The number of rotatable bonds is 5. The van der Waals surface area contributed by atoms with Crippen LogP contribution in [-0.4, -0.2) is 40.6 Å². The van der Waals surface area contributed by atoms with Crippen LogP contribution >= 0.6 is 0 Å². The van der Waals surface area contributed by atoms with Gasteiger partial charge in [-0.25, -0.2) is 9.78 Å². The van der Waals surface area contributed by atoms with Gasteiger partial charge in [-0.05, 0) is 50.6 Å². The fourth-order valence-corrected chi connectivity index (χ4v) is 2.99. The minimum Gasteiger partial charge on any atom is -0.477 e. The lowest BCUT2D eigenvalue weighted by Crippen LogP contribution is -2.19. The number of aromatic nitrogens is 1. The molecule has 1 saturated heterocycles. The molecule has 0 bridgehead atoms. The standard InChI is InChI=1S/C20H22N2O2/c1-15-7-9-16(10-8-15)17(11-14-22-12-2-3-13-22)18-5-4-6-19(21-18)20(23)24/h4-11H,2-3,12-14H2,1H3,(H,23,24). The van der Waals surface area contributed by atoms with Crippen molar-refractivity contribution >= 4 is 11.5 Å². The van der Waals surface area contributed by atoms with Gasteiger partial charge in [-0.3, -0.25) is 4.90 Å². The number of benzene rings is 1. The zero-order valence-electron chi connectivity index (χ0n) is 13.9. The lowest BCUT2D eigenvalue weighted by Gasteiger charge is -2.14. The number of aromatic carboxylic acids is 1. The highest BCUT2D eigenvalue weighted by Crippen LogP contribution is 2.23. The average Bonchev–Trinajstić information content (AvgIpc) is 3.10. The summed E-state index contributed by atoms with van der Waals surface area (Å²) >= 11 is 0. The van der Waals surface area contributed by atoms with Crippen LogP contribution < -0.4 is 0 Å². The van der Waals surface area contributed by atoms with E-state index in [1.54, 1.807) is 6.07 Å². The molecule has 0 saturated carbocycles. The van der Waals surface area contributed by atoms with E-state index in [-0.39, 0.29) is 5.69 Å². The van der Waals surface area contributed by atoms with Gasteiger partial charge in [-0.2, -0.15) is 0 Å². The Hall–Kier alpha value is -2.46. The zero-order chi connectivity index (χ0) is 16.9. The molecule has 2 heterocycles. The minimum absolute atomic E-state index is 0.0756. The SMILES string of the molecule is Cc1ccc(C(=CCN2CCCC2)c2cccc(C(=O)O)n2)cc1. The fourth-order valence-electron chi connectivity index (χ4n) is 2.99. The van der Waals surface area contributed by atoms with Gasteiger partial charge in [0, 0.05) is 12.1 Å². The molecule has 1 N–H and O–H groups in total. The van der Waals surface area contributed by atoms with Crippen LogP contribution in [0.1, 0.15) is 40.2 Å². The average molecular weight is 322 g/mol. The second-order valence-corrected chi connectivity index (χ2v) is 6.20. The first kappa shape index (κ1) is 16.4. The van der Waals surface area contributed by atoms with Crippen molar-refractivity contribution in [3.63, 3.8) is 0 Å². The maximum Gasteiger partial charge on any atom is 0.354 e. The lowest BCUT2D eigenvalue weighted by atomic mass is 10.00. The second-order valence-electron chi connectivity index (χ2n) is 6.20. The molecule has 4 heteroatoms. The van der Waals surface area contributed by atoms with Crippen molar-refractivity contribution in [2.24, 2.45) is 0 Å².